The minimum absolute atomic E-state index is 0.213. The van der Waals surface area contributed by atoms with Crippen molar-refractivity contribution < 1.29 is 19.0 Å². The fourth-order valence-corrected chi connectivity index (χ4v) is 2.56. The molecular weight excluding hydrogens is 316 g/mol. The Hall–Kier alpha value is -2.33. The Morgan fingerprint density at radius 2 is 1.72 bits per heavy atom. The molecule has 0 amide bonds. The van der Waals surface area contributed by atoms with Gasteiger partial charge in [-0.05, 0) is 49.6 Å². The Bertz CT molecular complexity index is 664. The zero-order chi connectivity index (χ0) is 18.1. The van der Waals surface area contributed by atoms with E-state index in [4.69, 9.17) is 14.2 Å². The Kier molecular flexibility index (Phi) is 7.48. The fraction of sp³-hybridized carbons (Fsp3) is 0.381. The molecule has 2 aromatic rings. The molecule has 0 heterocycles. The highest BCUT2D eigenvalue weighted by Crippen LogP contribution is 2.25. The monoisotopic (exact) mass is 342 g/mol. The predicted octanol–water partition coefficient (Wildman–Crippen LogP) is 4.60. The molecule has 0 aliphatic heterocycles. The summed E-state index contributed by atoms with van der Waals surface area (Å²) < 4.78 is 16.6. The second-order valence-corrected chi connectivity index (χ2v) is 5.74. The van der Waals surface area contributed by atoms with Crippen molar-refractivity contribution in [2.45, 2.75) is 39.9 Å². The standard InChI is InChI=1S/C21H26O4/c1-4-23-20(14-21(22)24-5-2)17-10-12-19(13-11-17)25-15-18-9-7-6-8-16(18)3/h6-13,20H,4-5,14-15H2,1-3H3. The summed E-state index contributed by atoms with van der Waals surface area (Å²) in [6.07, 6.45) is -0.0834. The van der Waals surface area contributed by atoms with Gasteiger partial charge in [0.2, 0.25) is 0 Å². The van der Waals surface area contributed by atoms with Crippen LogP contribution < -0.4 is 4.74 Å². The topological polar surface area (TPSA) is 44.8 Å². The van der Waals surface area contributed by atoms with Crippen LogP contribution >= 0.6 is 0 Å². The zero-order valence-electron chi connectivity index (χ0n) is 15.2. The average molecular weight is 342 g/mol. The van der Waals surface area contributed by atoms with Gasteiger partial charge in [-0.1, -0.05) is 36.4 Å². The van der Waals surface area contributed by atoms with E-state index in [1.807, 2.05) is 43.3 Å². The highest BCUT2D eigenvalue weighted by atomic mass is 16.5. The maximum Gasteiger partial charge on any atom is 0.308 e. The van der Waals surface area contributed by atoms with E-state index >= 15 is 0 Å². The number of esters is 1. The van der Waals surface area contributed by atoms with Gasteiger partial charge in [0, 0.05) is 6.61 Å². The third-order valence-corrected chi connectivity index (χ3v) is 3.93. The molecular formula is C21H26O4. The summed E-state index contributed by atoms with van der Waals surface area (Å²) >= 11 is 0. The van der Waals surface area contributed by atoms with Gasteiger partial charge in [0.1, 0.15) is 12.4 Å². The van der Waals surface area contributed by atoms with E-state index in [9.17, 15) is 4.79 Å². The summed E-state index contributed by atoms with van der Waals surface area (Å²) in [5.41, 5.74) is 3.32. The highest BCUT2D eigenvalue weighted by Gasteiger charge is 2.17. The second kappa shape index (κ2) is 9.84. The van der Waals surface area contributed by atoms with Gasteiger partial charge in [0.25, 0.3) is 0 Å². The van der Waals surface area contributed by atoms with Crippen LogP contribution in [0, 0.1) is 6.92 Å². The fourth-order valence-electron chi connectivity index (χ4n) is 2.56. The van der Waals surface area contributed by atoms with E-state index in [1.54, 1.807) is 6.92 Å². The molecule has 0 saturated heterocycles. The average Bonchev–Trinajstić information content (AvgIpc) is 2.61. The quantitative estimate of drug-likeness (QED) is 0.625. The van der Waals surface area contributed by atoms with E-state index in [-0.39, 0.29) is 18.5 Å². The molecule has 0 saturated carbocycles. The molecule has 0 fully saturated rings. The van der Waals surface area contributed by atoms with Crippen molar-refractivity contribution in [3.8, 4) is 5.75 Å². The van der Waals surface area contributed by atoms with Crippen LogP contribution in [-0.4, -0.2) is 19.2 Å². The normalized spacial score (nSPS) is 11.8. The molecule has 0 aromatic heterocycles. The van der Waals surface area contributed by atoms with Crippen LogP contribution in [0.1, 0.15) is 43.1 Å². The van der Waals surface area contributed by atoms with Crippen LogP contribution in [0.3, 0.4) is 0 Å². The number of carbonyl (C=O) groups excluding carboxylic acids is 1. The van der Waals surface area contributed by atoms with Crippen LogP contribution in [0.4, 0.5) is 0 Å². The molecule has 25 heavy (non-hydrogen) atoms. The van der Waals surface area contributed by atoms with Crippen molar-refractivity contribution in [2.75, 3.05) is 13.2 Å². The molecule has 2 rings (SSSR count). The molecule has 134 valence electrons. The number of hydrogen-bond acceptors (Lipinski definition) is 4. The van der Waals surface area contributed by atoms with E-state index in [2.05, 4.69) is 19.1 Å². The van der Waals surface area contributed by atoms with Crippen LogP contribution in [0.2, 0.25) is 0 Å². The number of aryl methyl sites for hydroxylation is 1. The number of hydrogen-bond donors (Lipinski definition) is 0. The number of benzene rings is 2. The third kappa shape index (κ3) is 5.91. The van der Waals surface area contributed by atoms with Crippen LogP contribution in [0.25, 0.3) is 0 Å². The zero-order valence-corrected chi connectivity index (χ0v) is 15.2. The second-order valence-electron chi connectivity index (χ2n) is 5.74. The van der Waals surface area contributed by atoms with Crippen LogP contribution in [0.15, 0.2) is 48.5 Å². The maximum absolute atomic E-state index is 11.7. The molecule has 1 atom stereocenters. The number of rotatable bonds is 9. The molecule has 0 radical (unpaired) electrons. The van der Waals surface area contributed by atoms with Gasteiger partial charge in [-0.3, -0.25) is 4.79 Å². The van der Waals surface area contributed by atoms with Crippen LogP contribution in [0.5, 0.6) is 5.75 Å². The molecule has 0 N–H and O–H groups in total. The smallest absolute Gasteiger partial charge is 0.308 e. The van der Waals surface area contributed by atoms with E-state index < -0.39 is 0 Å². The largest absolute Gasteiger partial charge is 0.489 e. The maximum atomic E-state index is 11.7. The molecule has 0 spiro atoms. The van der Waals surface area contributed by atoms with Gasteiger partial charge in [-0.2, -0.15) is 0 Å². The van der Waals surface area contributed by atoms with Crippen molar-refractivity contribution in [3.63, 3.8) is 0 Å². The Balaban J connectivity index is 1.99. The summed E-state index contributed by atoms with van der Waals surface area (Å²) in [4.78, 5) is 11.7. The minimum atomic E-state index is -0.297. The van der Waals surface area contributed by atoms with E-state index in [1.165, 1.54) is 11.1 Å². The van der Waals surface area contributed by atoms with Crippen molar-refractivity contribution >= 4 is 5.97 Å². The first-order valence-corrected chi connectivity index (χ1v) is 8.68. The van der Waals surface area contributed by atoms with Crippen molar-refractivity contribution in [1.29, 1.82) is 0 Å². The van der Waals surface area contributed by atoms with Gasteiger partial charge in [0.05, 0.1) is 19.1 Å². The Morgan fingerprint density at radius 1 is 1.00 bits per heavy atom. The van der Waals surface area contributed by atoms with Crippen molar-refractivity contribution in [2.24, 2.45) is 0 Å². The predicted molar refractivity (Wildman–Crippen MR) is 97.6 cm³/mol. The summed E-state index contributed by atoms with van der Waals surface area (Å²) in [5.74, 6) is 0.541. The number of carbonyl (C=O) groups is 1. The summed E-state index contributed by atoms with van der Waals surface area (Å²) in [6.45, 7) is 7.23. The Morgan fingerprint density at radius 3 is 2.36 bits per heavy atom. The Labute approximate surface area is 149 Å². The van der Waals surface area contributed by atoms with Crippen molar-refractivity contribution in [3.05, 3.63) is 65.2 Å². The molecule has 1 unspecified atom stereocenters. The van der Waals surface area contributed by atoms with Gasteiger partial charge in [-0.25, -0.2) is 0 Å². The third-order valence-electron chi connectivity index (χ3n) is 3.93. The van der Waals surface area contributed by atoms with Crippen LogP contribution in [-0.2, 0) is 20.9 Å². The molecule has 0 aliphatic rings. The summed E-state index contributed by atoms with van der Waals surface area (Å²) in [6, 6.07) is 15.9. The molecule has 0 aliphatic carbocycles. The van der Waals surface area contributed by atoms with Gasteiger partial charge >= 0.3 is 5.97 Å². The number of ether oxygens (including phenoxy) is 3. The lowest BCUT2D eigenvalue weighted by Crippen LogP contribution is -2.13. The van der Waals surface area contributed by atoms with Gasteiger partial charge < -0.3 is 14.2 Å². The SMILES string of the molecule is CCOC(=O)CC(OCC)c1ccc(OCc2ccccc2C)cc1. The molecule has 2 aromatic carbocycles. The molecule has 0 bridgehead atoms. The first kappa shape index (κ1) is 19.0. The molecule has 4 heteroatoms. The van der Waals surface area contributed by atoms with Gasteiger partial charge in [0.15, 0.2) is 0 Å². The lowest BCUT2D eigenvalue weighted by Gasteiger charge is -2.17. The van der Waals surface area contributed by atoms with E-state index in [0.717, 1.165) is 11.3 Å². The first-order valence-electron chi connectivity index (χ1n) is 8.68. The van der Waals surface area contributed by atoms with Gasteiger partial charge in [-0.15, -0.1) is 0 Å². The lowest BCUT2D eigenvalue weighted by atomic mass is 10.1. The highest BCUT2D eigenvalue weighted by molar-refractivity contribution is 5.70. The minimum Gasteiger partial charge on any atom is -0.489 e. The van der Waals surface area contributed by atoms with E-state index in [0.29, 0.717) is 19.8 Å². The summed E-state index contributed by atoms with van der Waals surface area (Å²) in [7, 11) is 0. The lowest BCUT2D eigenvalue weighted by molar-refractivity contribution is -0.146. The first-order chi connectivity index (χ1) is 12.1. The van der Waals surface area contributed by atoms with Crippen molar-refractivity contribution in [1.82, 2.24) is 0 Å². The summed E-state index contributed by atoms with van der Waals surface area (Å²) in [5, 5.41) is 0. The molecule has 4 nitrogen and oxygen atoms in total.